The Labute approximate surface area is 288 Å². The van der Waals surface area contributed by atoms with E-state index in [1.807, 2.05) is 0 Å². The molecule has 0 saturated carbocycles. The third-order valence-corrected chi connectivity index (χ3v) is 8.11. The molecule has 0 aliphatic heterocycles. The summed E-state index contributed by atoms with van der Waals surface area (Å²) in [7, 11) is -4.83. The van der Waals surface area contributed by atoms with Crippen LogP contribution in [0, 0.1) is 0 Å². The molecule has 0 aliphatic carbocycles. The van der Waals surface area contributed by atoms with Crippen LogP contribution in [0.2, 0.25) is 0 Å². The number of aromatic nitrogens is 2. The van der Waals surface area contributed by atoms with E-state index in [0.717, 1.165) is 25.0 Å². The van der Waals surface area contributed by atoms with Crippen LogP contribution >= 0.6 is 0 Å². The molecule has 0 aliphatic rings. The van der Waals surface area contributed by atoms with Gasteiger partial charge in [-0.25, -0.2) is 13.1 Å². The van der Waals surface area contributed by atoms with Gasteiger partial charge in [0.15, 0.2) is 0 Å². The van der Waals surface area contributed by atoms with Gasteiger partial charge in [-0.1, -0.05) is 115 Å². The molecule has 1 aromatic heterocycles. The summed E-state index contributed by atoms with van der Waals surface area (Å²) >= 11 is 0. The summed E-state index contributed by atoms with van der Waals surface area (Å²) in [6.07, 6.45) is 20.2. The van der Waals surface area contributed by atoms with Crippen molar-refractivity contribution < 1.29 is 69.1 Å². The smallest absolute Gasteiger partial charge is 0.744 e. The van der Waals surface area contributed by atoms with Crippen molar-refractivity contribution in [1.82, 2.24) is 9.78 Å². The van der Waals surface area contributed by atoms with Crippen molar-refractivity contribution in [3.63, 3.8) is 0 Å². The number of nitrogens with zero attached hydrogens (tertiary/aromatic N) is 1. The maximum Gasteiger partial charge on any atom is 1.00 e. The molecule has 1 heterocycles. The number of hydrogen-bond acceptors (Lipinski definition) is 5. The van der Waals surface area contributed by atoms with Crippen molar-refractivity contribution in [3.05, 3.63) is 70.6 Å². The normalized spacial score (nSPS) is 11.4. The van der Waals surface area contributed by atoms with Gasteiger partial charge in [-0.2, -0.15) is 0 Å². The number of aryl methyl sites for hydroxylation is 1. The molecule has 7 nitrogen and oxygen atoms in total. The summed E-state index contributed by atoms with van der Waals surface area (Å²) in [4.78, 5) is 12.1. The maximum atomic E-state index is 12.6. The summed E-state index contributed by atoms with van der Waals surface area (Å²) in [5.41, 5.74) is 0.750. The number of nitrogens with one attached hydrogen (secondary N) is 1. The van der Waals surface area contributed by atoms with E-state index in [1.54, 1.807) is 36.4 Å². The summed E-state index contributed by atoms with van der Waals surface area (Å²) in [6.45, 7) is 2.26. The zero-order chi connectivity index (χ0) is 28.6. The first-order chi connectivity index (χ1) is 19.4. The van der Waals surface area contributed by atoms with E-state index in [0.29, 0.717) is 5.75 Å². The second-order valence-electron chi connectivity index (χ2n) is 10.7. The van der Waals surface area contributed by atoms with Crippen molar-refractivity contribution in [2.24, 2.45) is 0 Å². The maximum absolute atomic E-state index is 12.6. The number of benzene rings is 2. The first-order valence-corrected chi connectivity index (χ1v) is 16.4. The van der Waals surface area contributed by atoms with Crippen LogP contribution in [0.25, 0.3) is 5.69 Å². The Balaban J connectivity index is 0.00000588. The molecule has 0 atom stereocenters. The van der Waals surface area contributed by atoms with E-state index in [9.17, 15) is 17.8 Å². The molecule has 0 radical (unpaired) electrons. The molecule has 9 heteroatoms. The fourth-order valence-corrected chi connectivity index (χ4v) is 5.60. The van der Waals surface area contributed by atoms with Gasteiger partial charge in [0.25, 0.3) is 5.56 Å². The van der Waals surface area contributed by atoms with E-state index in [2.05, 4.69) is 12.0 Å². The fraction of sp³-hybridized carbons (Fsp3) is 0.531. The molecule has 3 aromatic rings. The van der Waals surface area contributed by atoms with Crippen LogP contribution in [-0.2, 0) is 16.5 Å². The average Bonchev–Trinajstić information content (AvgIpc) is 3.31. The van der Waals surface area contributed by atoms with Crippen molar-refractivity contribution >= 4 is 10.1 Å². The van der Waals surface area contributed by atoms with Gasteiger partial charge in [-0.3, -0.25) is 9.89 Å². The predicted molar refractivity (Wildman–Crippen MR) is 160 cm³/mol. The standard InChI is InChI=1S/C32H46N2O5S.K/c1-2-3-4-5-6-7-8-9-10-11-12-13-14-15-17-20-27-25-32(35)34(33-27)28-23-24-30(31(26-28)40(36,37)38)39-29-21-18-16-19-22-29;/h16,18-19,21-26,33H,2-15,17,20H2,1H3,(H,36,37,38);/q;+1/p-1. The Hall–Kier alpha value is -1.20. The molecule has 0 amide bonds. The quantitative estimate of drug-likeness (QED) is 0.107. The van der Waals surface area contributed by atoms with Gasteiger partial charge in [-0.15, -0.1) is 0 Å². The third kappa shape index (κ3) is 13.3. The van der Waals surface area contributed by atoms with Gasteiger partial charge >= 0.3 is 51.4 Å². The van der Waals surface area contributed by atoms with E-state index < -0.39 is 15.0 Å². The van der Waals surface area contributed by atoms with E-state index in [4.69, 9.17) is 4.74 Å². The van der Waals surface area contributed by atoms with Crippen LogP contribution in [0.1, 0.15) is 109 Å². The molecule has 0 fully saturated rings. The second-order valence-corrected chi connectivity index (χ2v) is 12.0. The molecular weight excluding hydrogens is 564 g/mol. The predicted octanol–water partition coefficient (Wildman–Crippen LogP) is 5.28. The average molecular weight is 609 g/mol. The monoisotopic (exact) mass is 608 g/mol. The van der Waals surface area contributed by atoms with Gasteiger partial charge in [0.05, 0.1) is 10.6 Å². The molecule has 41 heavy (non-hydrogen) atoms. The fourth-order valence-electron chi connectivity index (χ4n) is 4.98. The molecule has 0 spiro atoms. The Kier molecular flexibility index (Phi) is 17.5. The van der Waals surface area contributed by atoms with E-state index in [1.165, 1.54) is 106 Å². The minimum atomic E-state index is -4.83. The van der Waals surface area contributed by atoms with Crippen molar-refractivity contribution in [3.8, 4) is 17.2 Å². The molecule has 220 valence electrons. The summed E-state index contributed by atoms with van der Waals surface area (Å²) in [5.74, 6) is 0.325. The number of aromatic amines is 1. The zero-order valence-electron chi connectivity index (χ0n) is 24.9. The Morgan fingerprint density at radius 2 is 1.29 bits per heavy atom. The third-order valence-electron chi connectivity index (χ3n) is 7.25. The van der Waals surface area contributed by atoms with Gasteiger partial charge in [0.1, 0.15) is 21.6 Å². The Morgan fingerprint density at radius 3 is 1.83 bits per heavy atom. The van der Waals surface area contributed by atoms with Gasteiger partial charge in [-0.05, 0) is 43.2 Å². The minimum absolute atomic E-state index is 0. The van der Waals surface area contributed by atoms with E-state index >= 15 is 0 Å². The molecule has 0 saturated heterocycles. The minimum Gasteiger partial charge on any atom is -0.744 e. The van der Waals surface area contributed by atoms with Crippen LogP contribution in [0.5, 0.6) is 11.5 Å². The SMILES string of the molecule is CCCCCCCCCCCCCCCCCc1cc(=O)n(-c2ccc(Oc3ccccc3)c(S(=O)(=O)[O-])c2)[nH]1.[K+]. The van der Waals surface area contributed by atoms with E-state index in [-0.39, 0.29) is 68.4 Å². The summed E-state index contributed by atoms with van der Waals surface area (Å²) in [5, 5.41) is 3.06. The molecule has 0 unspecified atom stereocenters. The Bertz CT molecular complexity index is 1310. The number of para-hydroxylation sites is 1. The Morgan fingerprint density at radius 1 is 0.756 bits per heavy atom. The molecular formula is C32H45KN2O5S. The van der Waals surface area contributed by atoms with Gasteiger partial charge < -0.3 is 9.29 Å². The number of hydrogen-bond donors (Lipinski definition) is 1. The van der Waals surface area contributed by atoms with Crippen molar-refractivity contribution in [2.75, 3.05) is 0 Å². The first kappa shape index (κ1) is 36.0. The number of rotatable bonds is 20. The zero-order valence-corrected chi connectivity index (χ0v) is 28.8. The topological polar surface area (TPSA) is 104 Å². The second kappa shape index (κ2) is 19.9. The van der Waals surface area contributed by atoms with Crippen LogP contribution in [-0.4, -0.2) is 22.8 Å². The molecule has 3 rings (SSSR count). The van der Waals surface area contributed by atoms with Crippen LogP contribution < -0.4 is 61.7 Å². The largest absolute Gasteiger partial charge is 1.00 e. The van der Waals surface area contributed by atoms with Crippen molar-refractivity contribution in [2.45, 2.75) is 115 Å². The number of ether oxygens (including phenoxy) is 1. The summed E-state index contributed by atoms with van der Waals surface area (Å²) in [6, 6.07) is 14.3. The molecule has 0 bridgehead atoms. The van der Waals surface area contributed by atoms with Crippen LogP contribution in [0.3, 0.4) is 0 Å². The van der Waals surface area contributed by atoms with Crippen LogP contribution in [0.15, 0.2) is 64.3 Å². The molecule has 2 aromatic carbocycles. The van der Waals surface area contributed by atoms with Crippen LogP contribution in [0.4, 0.5) is 0 Å². The van der Waals surface area contributed by atoms with Crippen molar-refractivity contribution in [1.29, 1.82) is 0 Å². The molecule has 1 N–H and O–H groups in total. The summed E-state index contributed by atoms with van der Waals surface area (Å²) < 4.78 is 42.7. The first-order valence-electron chi connectivity index (χ1n) is 15.0. The van der Waals surface area contributed by atoms with Gasteiger partial charge in [0, 0.05) is 11.8 Å². The van der Waals surface area contributed by atoms with Gasteiger partial charge in [0.2, 0.25) is 0 Å². The number of unbranched alkanes of at least 4 members (excludes halogenated alkanes) is 14. The number of H-pyrrole nitrogens is 1.